The molecule has 1 amide bonds. The van der Waals surface area contributed by atoms with Crippen molar-refractivity contribution in [1.29, 1.82) is 0 Å². The fourth-order valence-electron chi connectivity index (χ4n) is 2.82. The molecule has 0 aliphatic heterocycles. The first-order valence-corrected chi connectivity index (χ1v) is 11.8. The van der Waals surface area contributed by atoms with Crippen molar-refractivity contribution in [3.8, 4) is 0 Å². The van der Waals surface area contributed by atoms with Crippen LogP contribution in [0.5, 0.6) is 0 Å². The fourth-order valence-corrected chi connectivity index (χ4v) is 4.57. The van der Waals surface area contributed by atoms with Gasteiger partial charge < -0.3 is 9.88 Å². The molecule has 0 aliphatic rings. The van der Waals surface area contributed by atoms with E-state index in [1.54, 1.807) is 13.0 Å². The first-order valence-electron chi connectivity index (χ1n) is 8.95. The van der Waals surface area contributed by atoms with Crippen LogP contribution in [-0.4, -0.2) is 34.0 Å². The van der Waals surface area contributed by atoms with Gasteiger partial charge in [-0.15, -0.1) is 0 Å². The van der Waals surface area contributed by atoms with E-state index in [1.165, 1.54) is 36.0 Å². The Morgan fingerprint density at radius 3 is 2.65 bits per heavy atom. The van der Waals surface area contributed by atoms with Crippen molar-refractivity contribution in [2.75, 3.05) is 5.32 Å². The maximum absolute atomic E-state index is 12.6. The highest BCUT2D eigenvalue weighted by atomic mass is 35.5. The summed E-state index contributed by atoms with van der Waals surface area (Å²) in [6.45, 7) is 4.13. The molecule has 31 heavy (non-hydrogen) atoms. The number of halogens is 1. The van der Waals surface area contributed by atoms with Gasteiger partial charge in [-0.2, -0.15) is 0 Å². The third kappa shape index (κ3) is 4.98. The zero-order valence-electron chi connectivity index (χ0n) is 16.4. The third-order valence-corrected chi connectivity index (χ3v) is 6.72. The number of nitrogens with two attached hydrogens (primary N) is 1. The van der Waals surface area contributed by atoms with Crippen LogP contribution in [-0.2, 0) is 21.4 Å². The number of nitrogens with zero attached hydrogens (tertiary/aromatic N) is 3. The van der Waals surface area contributed by atoms with Crippen molar-refractivity contribution in [3.05, 3.63) is 51.5 Å². The Morgan fingerprint density at radius 1 is 1.35 bits per heavy atom. The van der Waals surface area contributed by atoms with Crippen LogP contribution in [0.2, 0.25) is 5.02 Å². The van der Waals surface area contributed by atoms with Gasteiger partial charge in [0.2, 0.25) is 15.9 Å². The SMILES string of the molecule is CCn1c(S[C@@H](C)C(=O)Nc2ccc([N+](=O)[O-])cc2Cl)nc2cc(S(N)(=O)=O)ccc21. The van der Waals surface area contributed by atoms with Crippen molar-refractivity contribution >= 4 is 61.7 Å². The van der Waals surface area contributed by atoms with Gasteiger partial charge in [0.05, 0.1) is 36.8 Å². The molecule has 3 rings (SSSR count). The molecule has 3 N–H and O–H groups in total. The van der Waals surface area contributed by atoms with Gasteiger partial charge >= 0.3 is 0 Å². The predicted octanol–water partition coefficient (Wildman–Crippen LogP) is 3.38. The zero-order valence-corrected chi connectivity index (χ0v) is 18.8. The zero-order chi connectivity index (χ0) is 22.9. The first kappa shape index (κ1) is 23.0. The van der Waals surface area contributed by atoms with Gasteiger partial charge in [0, 0.05) is 18.7 Å². The van der Waals surface area contributed by atoms with E-state index in [4.69, 9.17) is 16.7 Å². The number of thioether (sulfide) groups is 1. The number of aryl methyl sites for hydroxylation is 1. The predicted molar refractivity (Wildman–Crippen MR) is 119 cm³/mol. The Labute approximate surface area is 187 Å². The van der Waals surface area contributed by atoms with E-state index in [1.807, 2.05) is 11.5 Å². The maximum Gasteiger partial charge on any atom is 0.271 e. The number of imidazole rings is 1. The number of primary sulfonamides is 1. The maximum atomic E-state index is 12.6. The number of rotatable bonds is 7. The topological polar surface area (TPSA) is 150 Å². The summed E-state index contributed by atoms with van der Waals surface area (Å²) in [7, 11) is -3.86. The summed E-state index contributed by atoms with van der Waals surface area (Å²) in [4.78, 5) is 27.3. The molecule has 0 radical (unpaired) electrons. The van der Waals surface area contributed by atoms with E-state index < -0.39 is 20.2 Å². The molecule has 1 atom stereocenters. The summed E-state index contributed by atoms with van der Waals surface area (Å²) in [5.74, 6) is -0.374. The molecule has 164 valence electrons. The molecule has 0 saturated heterocycles. The molecule has 10 nitrogen and oxygen atoms in total. The Kier molecular flexibility index (Phi) is 6.55. The lowest BCUT2D eigenvalue weighted by Crippen LogP contribution is -2.23. The molecular weight excluding hydrogens is 466 g/mol. The van der Waals surface area contributed by atoms with E-state index in [0.29, 0.717) is 22.7 Å². The second kappa shape index (κ2) is 8.83. The molecule has 3 aromatic rings. The van der Waals surface area contributed by atoms with Gasteiger partial charge in [-0.05, 0) is 38.1 Å². The molecule has 2 aromatic carbocycles. The Balaban J connectivity index is 1.83. The molecule has 0 aliphatic carbocycles. The minimum Gasteiger partial charge on any atom is -0.324 e. The first-order chi connectivity index (χ1) is 14.5. The number of carbonyl (C=O) groups is 1. The number of carbonyl (C=O) groups excluding carboxylic acids is 1. The normalized spacial score (nSPS) is 12.6. The van der Waals surface area contributed by atoms with Gasteiger partial charge in [0.1, 0.15) is 0 Å². The van der Waals surface area contributed by atoms with Crippen molar-refractivity contribution in [1.82, 2.24) is 9.55 Å². The Morgan fingerprint density at radius 2 is 2.06 bits per heavy atom. The van der Waals surface area contributed by atoms with E-state index >= 15 is 0 Å². The van der Waals surface area contributed by atoms with E-state index in [0.717, 1.165) is 6.07 Å². The van der Waals surface area contributed by atoms with Crippen LogP contribution < -0.4 is 10.5 Å². The third-order valence-electron chi connectivity index (χ3n) is 4.40. The number of hydrogen-bond acceptors (Lipinski definition) is 7. The highest BCUT2D eigenvalue weighted by Gasteiger charge is 2.21. The molecule has 1 aromatic heterocycles. The second-order valence-electron chi connectivity index (χ2n) is 6.50. The van der Waals surface area contributed by atoms with E-state index in [9.17, 15) is 23.3 Å². The summed E-state index contributed by atoms with van der Waals surface area (Å²) in [5.41, 5.74) is 1.23. The number of anilines is 1. The average molecular weight is 484 g/mol. The number of nitro benzene ring substituents is 1. The number of aromatic nitrogens is 2. The van der Waals surface area contributed by atoms with Crippen LogP contribution in [0.25, 0.3) is 11.0 Å². The Bertz CT molecular complexity index is 1290. The fraction of sp³-hybridized carbons (Fsp3) is 0.222. The molecule has 1 heterocycles. The quantitative estimate of drug-likeness (QED) is 0.297. The molecule has 13 heteroatoms. The monoisotopic (exact) mass is 483 g/mol. The van der Waals surface area contributed by atoms with Crippen LogP contribution in [0.1, 0.15) is 13.8 Å². The van der Waals surface area contributed by atoms with Crippen molar-refractivity contribution in [3.63, 3.8) is 0 Å². The molecule has 0 saturated carbocycles. The lowest BCUT2D eigenvalue weighted by Gasteiger charge is -2.13. The van der Waals surface area contributed by atoms with Gasteiger partial charge in [-0.1, -0.05) is 23.4 Å². The van der Waals surface area contributed by atoms with Gasteiger partial charge in [0.15, 0.2) is 5.16 Å². The number of amides is 1. The van der Waals surface area contributed by atoms with Crippen LogP contribution in [0, 0.1) is 10.1 Å². The highest BCUT2D eigenvalue weighted by molar-refractivity contribution is 8.00. The summed E-state index contributed by atoms with van der Waals surface area (Å²) in [5, 5.41) is 18.6. The molecule has 0 unspecified atom stereocenters. The standard InChI is InChI=1S/C18H18ClN5O5S2/c1-3-23-16-7-5-12(31(20,28)29)9-15(16)22-18(23)30-10(2)17(25)21-14-6-4-11(24(26)27)8-13(14)19/h4-10H,3H2,1-2H3,(H,21,25)(H2,20,28,29)/t10-/m0/s1. The van der Waals surface area contributed by atoms with Crippen LogP contribution in [0.4, 0.5) is 11.4 Å². The minimum atomic E-state index is -3.86. The molecular formula is C18H18ClN5O5S2. The summed E-state index contributed by atoms with van der Waals surface area (Å²) < 4.78 is 25.1. The lowest BCUT2D eigenvalue weighted by molar-refractivity contribution is -0.384. The lowest BCUT2D eigenvalue weighted by atomic mass is 10.2. The van der Waals surface area contributed by atoms with E-state index in [2.05, 4.69) is 10.3 Å². The van der Waals surface area contributed by atoms with Gasteiger partial charge in [-0.25, -0.2) is 18.5 Å². The molecule has 0 bridgehead atoms. The number of nitro groups is 1. The molecule has 0 spiro atoms. The second-order valence-corrected chi connectivity index (χ2v) is 9.78. The highest BCUT2D eigenvalue weighted by Crippen LogP contribution is 2.31. The van der Waals surface area contributed by atoms with Crippen molar-refractivity contribution < 1.29 is 18.1 Å². The van der Waals surface area contributed by atoms with Crippen molar-refractivity contribution in [2.24, 2.45) is 5.14 Å². The molecule has 0 fully saturated rings. The number of benzene rings is 2. The Hall–Kier alpha value is -2.67. The summed E-state index contributed by atoms with van der Waals surface area (Å²) >= 11 is 7.22. The number of fused-ring (bicyclic) bond motifs is 1. The van der Waals surface area contributed by atoms with Crippen LogP contribution >= 0.6 is 23.4 Å². The number of sulfonamides is 1. The van der Waals surface area contributed by atoms with Gasteiger partial charge in [0.25, 0.3) is 5.69 Å². The minimum absolute atomic E-state index is 0.0455. The van der Waals surface area contributed by atoms with E-state index in [-0.39, 0.29) is 27.2 Å². The summed E-state index contributed by atoms with van der Waals surface area (Å²) in [6, 6.07) is 8.20. The average Bonchev–Trinajstić information content (AvgIpc) is 3.04. The number of nitrogens with one attached hydrogen (secondary N) is 1. The number of hydrogen-bond donors (Lipinski definition) is 2. The largest absolute Gasteiger partial charge is 0.324 e. The van der Waals surface area contributed by atoms with Crippen molar-refractivity contribution in [2.45, 2.75) is 35.7 Å². The summed E-state index contributed by atoms with van der Waals surface area (Å²) in [6.07, 6.45) is 0. The number of non-ortho nitro benzene ring substituents is 1. The van der Waals surface area contributed by atoms with Crippen LogP contribution in [0.3, 0.4) is 0 Å². The smallest absolute Gasteiger partial charge is 0.271 e. The van der Waals surface area contributed by atoms with Gasteiger partial charge in [-0.3, -0.25) is 14.9 Å². The van der Waals surface area contributed by atoms with Crippen LogP contribution in [0.15, 0.2) is 46.5 Å².